The molecular weight excluding hydrogens is 475 g/mol. The molecule has 3 atom stereocenters. The van der Waals surface area contributed by atoms with E-state index in [0.29, 0.717) is 16.4 Å². The van der Waals surface area contributed by atoms with Crippen LogP contribution in [0.2, 0.25) is 15.1 Å². The normalized spacial score (nSPS) is 22.5. The van der Waals surface area contributed by atoms with Gasteiger partial charge in [0, 0.05) is 15.6 Å². The fourth-order valence-corrected chi connectivity index (χ4v) is 4.82. The van der Waals surface area contributed by atoms with Crippen molar-refractivity contribution in [3.63, 3.8) is 0 Å². The van der Waals surface area contributed by atoms with Crippen LogP contribution in [-0.4, -0.2) is 23.0 Å². The number of rotatable bonds is 3. The predicted octanol–water partition coefficient (Wildman–Crippen LogP) is 5.40. The Morgan fingerprint density at radius 3 is 2.19 bits per heavy atom. The maximum Gasteiger partial charge on any atom is 0.266 e. The van der Waals surface area contributed by atoms with Gasteiger partial charge < -0.3 is 5.11 Å². The van der Waals surface area contributed by atoms with Gasteiger partial charge in [-0.25, -0.2) is 9.96 Å². The number of fused-ring (bicyclic) bond motifs is 1. The Kier molecular flexibility index (Phi) is 5.26. The van der Waals surface area contributed by atoms with Crippen LogP contribution >= 0.6 is 34.8 Å². The number of carbonyl (C=O) groups is 2. The van der Waals surface area contributed by atoms with Crippen molar-refractivity contribution < 1.29 is 19.5 Å². The average molecular weight is 490 g/mol. The molecule has 0 aromatic heterocycles. The summed E-state index contributed by atoms with van der Waals surface area (Å²) in [5.41, 5.74) is 1.29. The molecule has 2 aliphatic heterocycles. The van der Waals surface area contributed by atoms with Gasteiger partial charge in [0.2, 0.25) is 5.91 Å². The lowest BCUT2D eigenvalue weighted by Gasteiger charge is -2.29. The van der Waals surface area contributed by atoms with E-state index in [2.05, 4.69) is 0 Å². The van der Waals surface area contributed by atoms with Crippen molar-refractivity contribution in [2.24, 2.45) is 5.92 Å². The Labute approximate surface area is 198 Å². The van der Waals surface area contributed by atoms with Crippen molar-refractivity contribution in [3.8, 4) is 5.75 Å². The summed E-state index contributed by atoms with van der Waals surface area (Å²) in [6.07, 6.45) is -1.08. The molecule has 9 heteroatoms. The number of carbonyl (C=O) groups excluding carboxylic acids is 2. The van der Waals surface area contributed by atoms with Crippen LogP contribution < -0.4 is 9.96 Å². The summed E-state index contributed by atoms with van der Waals surface area (Å²) in [5.74, 6) is -2.12. The van der Waals surface area contributed by atoms with Crippen molar-refractivity contribution in [1.29, 1.82) is 0 Å². The molecule has 2 fully saturated rings. The number of amides is 2. The van der Waals surface area contributed by atoms with Crippen LogP contribution in [0.1, 0.15) is 11.6 Å². The highest BCUT2D eigenvalue weighted by atomic mass is 35.5. The number of hydroxylamine groups is 1. The summed E-state index contributed by atoms with van der Waals surface area (Å²) in [6.45, 7) is 0. The Hall–Kier alpha value is -2.77. The molecule has 0 aliphatic carbocycles. The summed E-state index contributed by atoms with van der Waals surface area (Å²) >= 11 is 18.3. The molecule has 3 aromatic carbocycles. The number of anilines is 2. The van der Waals surface area contributed by atoms with Gasteiger partial charge in [-0.2, -0.15) is 0 Å². The number of phenols is 1. The second-order valence-corrected chi connectivity index (χ2v) is 8.75. The van der Waals surface area contributed by atoms with E-state index in [9.17, 15) is 14.7 Å². The summed E-state index contributed by atoms with van der Waals surface area (Å²) in [4.78, 5) is 33.9. The third-order valence-electron chi connectivity index (χ3n) is 5.59. The molecule has 0 spiro atoms. The van der Waals surface area contributed by atoms with E-state index in [0.717, 1.165) is 4.90 Å². The molecule has 6 nitrogen and oxygen atoms in total. The fraction of sp³-hybridized carbons (Fsp3) is 0.130. The van der Waals surface area contributed by atoms with Gasteiger partial charge in [0.15, 0.2) is 6.10 Å². The molecule has 0 bridgehead atoms. The molecule has 2 amide bonds. The maximum absolute atomic E-state index is 13.5. The first-order valence-electron chi connectivity index (χ1n) is 9.69. The zero-order chi connectivity index (χ0) is 22.6. The largest absolute Gasteiger partial charge is 0.506 e. The second kappa shape index (κ2) is 7.98. The summed E-state index contributed by atoms with van der Waals surface area (Å²) in [7, 11) is 0. The number of halogens is 3. The minimum atomic E-state index is -1.08. The number of phenolic OH excluding ortho intramolecular Hbond substituents is 1. The van der Waals surface area contributed by atoms with Gasteiger partial charge in [0.05, 0.1) is 22.4 Å². The first kappa shape index (κ1) is 21.1. The molecular formula is C23H15Cl3N2O4. The van der Waals surface area contributed by atoms with Gasteiger partial charge in [-0.1, -0.05) is 53.0 Å². The molecule has 0 radical (unpaired) electrons. The molecule has 2 saturated heterocycles. The van der Waals surface area contributed by atoms with Crippen molar-refractivity contribution in [1.82, 2.24) is 0 Å². The van der Waals surface area contributed by atoms with Crippen LogP contribution in [0.4, 0.5) is 11.4 Å². The van der Waals surface area contributed by atoms with Crippen LogP contribution in [0.25, 0.3) is 0 Å². The van der Waals surface area contributed by atoms with E-state index >= 15 is 0 Å². The average Bonchev–Trinajstić information content (AvgIpc) is 3.28. The molecule has 1 N–H and O–H groups in total. The van der Waals surface area contributed by atoms with Crippen molar-refractivity contribution >= 4 is 58.0 Å². The fourth-order valence-electron chi connectivity index (χ4n) is 4.19. The number of imide groups is 1. The first-order chi connectivity index (χ1) is 15.4. The SMILES string of the molecule is O=C1[C@H]2[C@@H](ON(c3ccccc3)[C@H]2c2cc(Cl)cc(Cl)c2O)C(=O)N1c1ccc(Cl)cc1. The van der Waals surface area contributed by atoms with E-state index in [-0.39, 0.29) is 21.4 Å². The van der Waals surface area contributed by atoms with Crippen LogP contribution in [0.5, 0.6) is 5.75 Å². The Bertz CT molecular complexity index is 1220. The van der Waals surface area contributed by atoms with Gasteiger partial charge in [-0.15, -0.1) is 0 Å². The van der Waals surface area contributed by atoms with Gasteiger partial charge in [0.1, 0.15) is 11.7 Å². The highest BCUT2D eigenvalue weighted by Gasteiger charge is 2.60. The predicted molar refractivity (Wildman–Crippen MR) is 122 cm³/mol. The quantitative estimate of drug-likeness (QED) is 0.499. The first-order valence-corrected chi connectivity index (χ1v) is 10.8. The maximum atomic E-state index is 13.5. The second-order valence-electron chi connectivity index (χ2n) is 7.47. The van der Waals surface area contributed by atoms with Crippen LogP contribution in [0.3, 0.4) is 0 Å². The van der Waals surface area contributed by atoms with Gasteiger partial charge >= 0.3 is 0 Å². The Morgan fingerprint density at radius 1 is 0.812 bits per heavy atom. The summed E-state index contributed by atoms with van der Waals surface area (Å²) in [5, 5.41) is 13.0. The van der Waals surface area contributed by atoms with Crippen LogP contribution in [0, 0.1) is 5.92 Å². The van der Waals surface area contributed by atoms with Crippen molar-refractivity contribution in [2.75, 3.05) is 9.96 Å². The molecule has 3 aromatic rings. The summed E-state index contributed by atoms with van der Waals surface area (Å²) in [6, 6.07) is 17.5. The van der Waals surface area contributed by atoms with Crippen LogP contribution in [0.15, 0.2) is 66.7 Å². The topological polar surface area (TPSA) is 70.1 Å². The highest BCUT2D eigenvalue weighted by molar-refractivity contribution is 6.35. The van der Waals surface area contributed by atoms with E-state index in [1.165, 1.54) is 17.2 Å². The number of hydrogen-bond acceptors (Lipinski definition) is 5. The minimum absolute atomic E-state index is 0.0373. The van der Waals surface area contributed by atoms with E-state index in [1.54, 1.807) is 48.5 Å². The van der Waals surface area contributed by atoms with Gasteiger partial charge in [0.25, 0.3) is 5.91 Å². The van der Waals surface area contributed by atoms with E-state index in [4.69, 9.17) is 39.6 Å². The molecule has 0 saturated carbocycles. The molecule has 2 heterocycles. The lowest BCUT2D eigenvalue weighted by atomic mass is 9.90. The molecule has 2 aliphatic rings. The number of hydrogen-bond donors (Lipinski definition) is 1. The standard InChI is InChI=1S/C23H15Cl3N2O4/c24-12-6-8-14(9-7-12)27-22(30)18-19(16-10-13(25)11-17(26)20(16)29)28(32-21(18)23(27)31)15-4-2-1-3-5-15/h1-11,18-19,21,29H/t18-,19+,21-/m1/s1. The monoisotopic (exact) mass is 488 g/mol. The Morgan fingerprint density at radius 2 is 1.50 bits per heavy atom. The van der Waals surface area contributed by atoms with Crippen molar-refractivity contribution in [2.45, 2.75) is 12.1 Å². The highest BCUT2D eigenvalue weighted by Crippen LogP contribution is 2.50. The van der Waals surface area contributed by atoms with Crippen molar-refractivity contribution in [3.05, 3.63) is 87.4 Å². The number of para-hydroxylation sites is 1. The zero-order valence-electron chi connectivity index (χ0n) is 16.3. The Balaban J connectivity index is 1.64. The zero-order valence-corrected chi connectivity index (χ0v) is 18.6. The van der Waals surface area contributed by atoms with Crippen LogP contribution in [-0.2, 0) is 14.4 Å². The molecule has 0 unspecified atom stereocenters. The molecule has 32 heavy (non-hydrogen) atoms. The lowest BCUT2D eigenvalue weighted by molar-refractivity contribution is -0.126. The van der Waals surface area contributed by atoms with Gasteiger partial charge in [-0.3, -0.25) is 14.4 Å². The number of aromatic hydroxyl groups is 1. The van der Waals surface area contributed by atoms with E-state index < -0.39 is 29.9 Å². The third-order valence-corrected chi connectivity index (χ3v) is 6.35. The number of benzene rings is 3. The minimum Gasteiger partial charge on any atom is -0.506 e. The number of nitrogens with zero attached hydrogens (tertiary/aromatic N) is 2. The third kappa shape index (κ3) is 3.31. The van der Waals surface area contributed by atoms with Gasteiger partial charge in [-0.05, 0) is 48.5 Å². The lowest BCUT2D eigenvalue weighted by Crippen LogP contribution is -2.37. The molecule has 162 valence electrons. The van der Waals surface area contributed by atoms with E-state index in [1.807, 2.05) is 6.07 Å². The summed E-state index contributed by atoms with van der Waals surface area (Å²) < 4.78 is 0. The smallest absolute Gasteiger partial charge is 0.266 e. The molecule has 5 rings (SSSR count).